The van der Waals surface area contributed by atoms with Crippen LogP contribution >= 0.6 is 0 Å². The fourth-order valence-electron chi connectivity index (χ4n) is 2.38. The van der Waals surface area contributed by atoms with Crippen molar-refractivity contribution in [2.24, 2.45) is 0 Å². The Morgan fingerprint density at radius 3 is 2.60 bits per heavy atom. The summed E-state index contributed by atoms with van der Waals surface area (Å²) in [5.41, 5.74) is 1.22. The van der Waals surface area contributed by atoms with Gasteiger partial charge in [-0.1, -0.05) is 17.7 Å². The van der Waals surface area contributed by atoms with Crippen LogP contribution in [-0.4, -0.2) is 57.8 Å². The molecular weight excluding hydrogens is 257 g/mol. The third kappa shape index (κ3) is 3.73. The highest BCUT2D eigenvalue weighted by Gasteiger charge is 2.32. The van der Waals surface area contributed by atoms with Crippen molar-refractivity contribution in [3.63, 3.8) is 0 Å². The molecule has 1 atom stereocenters. The zero-order chi connectivity index (χ0) is 13.8. The van der Waals surface area contributed by atoms with E-state index >= 15 is 0 Å². The van der Waals surface area contributed by atoms with E-state index in [9.17, 15) is 0 Å². The Hall–Kier alpha value is -1.08. The van der Waals surface area contributed by atoms with Gasteiger partial charge in [-0.3, -0.25) is 4.90 Å². The molecule has 0 N–H and O–H groups in total. The molecule has 3 aliphatic rings. The van der Waals surface area contributed by atoms with E-state index in [1.165, 1.54) is 5.56 Å². The highest BCUT2D eigenvalue weighted by molar-refractivity contribution is 6.36. The highest BCUT2D eigenvalue weighted by atomic mass is 16.7. The third-order valence-electron chi connectivity index (χ3n) is 3.55. The number of hydrogen-bond acceptors (Lipinski definition) is 5. The molecule has 5 nitrogen and oxygen atoms in total. The molecule has 3 heterocycles. The van der Waals surface area contributed by atoms with Gasteiger partial charge in [0.2, 0.25) is 0 Å². The van der Waals surface area contributed by atoms with Gasteiger partial charge < -0.3 is 18.7 Å². The first-order chi connectivity index (χ1) is 9.79. The first-order valence-corrected chi connectivity index (χ1v) is 7.10. The van der Waals surface area contributed by atoms with Gasteiger partial charge in [0.1, 0.15) is 12.4 Å². The van der Waals surface area contributed by atoms with Gasteiger partial charge in [-0.15, -0.1) is 0 Å². The molecule has 2 bridgehead atoms. The van der Waals surface area contributed by atoms with E-state index in [1.807, 2.05) is 24.3 Å². The van der Waals surface area contributed by atoms with Crippen LogP contribution in [-0.2, 0) is 14.0 Å². The number of fused-ring (bicyclic) bond motifs is 6. The second-order valence-corrected chi connectivity index (χ2v) is 5.21. The summed E-state index contributed by atoms with van der Waals surface area (Å²) in [7, 11) is -0.552. The van der Waals surface area contributed by atoms with Crippen molar-refractivity contribution in [2.75, 3.05) is 39.5 Å². The predicted octanol–water partition coefficient (Wildman–Crippen LogP) is 1.11. The zero-order valence-electron chi connectivity index (χ0n) is 11.8. The number of hydrogen-bond donors (Lipinski definition) is 0. The molecule has 3 saturated heterocycles. The van der Waals surface area contributed by atoms with Crippen LogP contribution in [0.1, 0.15) is 5.56 Å². The Morgan fingerprint density at radius 2 is 1.90 bits per heavy atom. The van der Waals surface area contributed by atoms with Crippen LogP contribution in [0.25, 0.3) is 0 Å². The van der Waals surface area contributed by atoms with E-state index in [0.29, 0.717) is 19.8 Å². The van der Waals surface area contributed by atoms with Crippen LogP contribution in [0.15, 0.2) is 24.3 Å². The maximum Gasteiger partial charge on any atom is 0.639 e. The van der Waals surface area contributed by atoms with E-state index in [-0.39, 0.29) is 6.10 Å². The maximum atomic E-state index is 5.80. The number of rotatable bonds is 3. The van der Waals surface area contributed by atoms with Gasteiger partial charge in [0.15, 0.2) is 0 Å². The fraction of sp³-hybridized carbons (Fsp3) is 0.571. The molecule has 3 fully saturated rings. The average molecular weight is 277 g/mol. The molecule has 6 heteroatoms. The lowest BCUT2D eigenvalue weighted by Crippen LogP contribution is -2.51. The van der Waals surface area contributed by atoms with E-state index in [0.717, 1.165) is 25.4 Å². The summed E-state index contributed by atoms with van der Waals surface area (Å²) in [6.07, 6.45) is -0.0399. The summed E-state index contributed by atoms with van der Waals surface area (Å²) in [5.74, 6) is 0.864. The summed E-state index contributed by atoms with van der Waals surface area (Å²) >= 11 is 0. The Morgan fingerprint density at radius 1 is 1.20 bits per heavy atom. The largest absolute Gasteiger partial charge is 0.639 e. The summed E-state index contributed by atoms with van der Waals surface area (Å²) in [5, 5.41) is 0. The fourth-order valence-corrected chi connectivity index (χ4v) is 2.38. The van der Waals surface area contributed by atoms with E-state index < -0.39 is 7.32 Å². The molecular formula is C14H20BNO4. The van der Waals surface area contributed by atoms with Gasteiger partial charge in [0, 0.05) is 32.8 Å². The lowest BCUT2D eigenvalue weighted by Gasteiger charge is -2.34. The monoisotopic (exact) mass is 277 g/mol. The van der Waals surface area contributed by atoms with Gasteiger partial charge in [0.25, 0.3) is 0 Å². The second-order valence-electron chi connectivity index (χ2n) is 5.21. The van der Waals surface area contributed by atoms with Crippen LogP contribution in [0.3, 0.4) is 0 Å². The minimum Gasteiger partial charge on any atom is -0.491 e. The molecule has 0 spiro atoms. The third-order valence-corrected chi connectivity index (χ3v) is 3.55. The summed E-state index contributed by atoms with van der Waals surface area (Å²) in [6.45, 7) is 6.56. The smallest absolute Gasteiger partial charge is 0.491 e. The van der Waals surface area contributed by atoms with Crippen molar-refractivity contribution >= 4 is 7.32 Å². The van der Waals surface area contributed by atoms with Crippen molar-refractivity contribution in [3.05, 3.63) is 29.8 Å². The highest BCUT2D eigenvalue weighted by Crippen LogP contribution is 2.15. The van der Waals surface area contributed by atoms with Crippen LogP contribution in [0.2, 0.25) is 0 Å². The van der Waals surface area contributed by atoms with Crippen molar-refractivity contribution in [1.82, 2.24) is 4.90 Å². The molecule has 108 valence electrons. The first-order valence-electron chi connectivity index (χ1n) is 7.10. The summed E-state index contributed by atoms with van der Waals surface area (Å²) in [6, 6.07) is 8.04. The molecule has 3 aliphatic heterocycles. The van der Waals surface area contributed by atoms with Crippen molar-refractivity contribution in [3.8, 4) is 5.75 Å². The van der Waals surface area contributed by atoms with Gasteiger partial charge in [0.05, 0.1) is 6.10 Å². The van der Waals surface area contributed by atoms with E-state index in [2.05, 4.69) is 11.8 Å². The number of nitrogens with zero attached hydrogens (tertiary/aromatic N) is 1. The Balaban J connectivity index is 1.57. The molecule has 1 aromatic rings. The number of ether oxygens (including phenoxy) is 1. The molecule has 1 aromatic carbocycles. The van der Waals surface area contributed by atoms with Gasteiger partial charge in [-0.2, -0.15) is 0 Å². The quantitative estimate of drug-likeness (QED) is 0.774. The lowest BCUT2D eigenvalue weighted by molar-refractivity contribution is -0.0321. The normalized spacial score (nSPS) is 26.8. The Bertz CT molecular complexity index is 404. The second kappa shape index (κ2) is 6.58. The zero-order valence-corrected chi connectivity index (χ0v) is 11.8. The van der Waals surface area contributed by atoms with Crippen molar-refractivity contribution < 1.29 is 18.7 Å². The van der Waals surface area contributed by atoms with Crippen molar-refractivity contribution in [1.29, 1.82) is 0 Å². The van der Waals surface area contributed by atoms with Crippen molar-refractivity contribution in [2.45, 2.75) is 13.0 Å². The number of aryl methyl sites for hydroxylation is 1. The predicted molar refractivity (Wildman–Crippen MR) is 75.6 cm³/mol. The molecule has 20 heavy (non-hydrogen) atoms. The first kappa shape index (κ1) is 13.9. The van der Waals surface area contributed by atoms with Crippen LogP contribution in [0.5, 0.6) is 5.75 Å². The van der Waals surface area contributed by atoms with E-state index in [1.54, 1.807) is 0 Å². The summed E-state index contributed by atoms with van der Waals surface area (Å²) < 4.78 is 22.6. The molecule has 0 aromatic heterocycles. The van der Waals surface area contributed by atoms with Gasteiger partial charge in [-0.05, 0) is 19.1 Å². The molecule has 4 rings (SSSR count). The topological polar surface area (TPSA) is 40.2 Å². The van der Waals surface area contributed by atoms with Crippen LogP contribution in [0.4, 0.5) is 0 Å². The molecule has 1 unspecified atom stereocenters. The summed E-state index contributed by atoms with van der Waals surface area (Å²) in [4.78, 5) is 2.29. The maximum absolute atomic E-state index is 5.80. The van der Waals surface area contributed by atoms with Crippen LogP contribution < -0.4 is 4.74 Å². The number of benzene rings is 1. The Labute approximate surface area is 119 Å². The molecule has 0 radical (unpaired) electrons. The lowest BCUT2D eigenvalue weighted by atomic mass is 10.1. The van der Waals surface area contributed by atoms with Crippen LogP contribution in [0, 0.1) is 6.92 Å². The van der Waals surface area contributed by atoms with E-state index in [4.69, 9.17) is 18.7 Å². The standard InChI is InChI=1S/C14H20BNO4/c1-12-2-4-13(5-3-12)17-11-14-10-16-6-8-18-15(20-14)19-9-7-16/h2-5,14H,6-11H2,1H3. The molecule has 0 aliphatic carbocycles. The molecule has 0 amide bonds. The van der Waals surface area contributed by atoms with Gasteiger partial charge >= 0.3 is 7.32 Å². The Kier molecular flexibility index (Phi) is 4.57. The minimum atomic E-state index is -0.552. The SMILES string of the molecule is Cc1ccc(OCC2CN3CCOB(OCC3)O2)cc1. The van der Waals surface area contributed by atoms with Gasteiger partial charge in [-0.25, -0.2) is 0 Å². The average Bonchev–Trinajstić information content (AvgIpc) is 2.37. The minimum absolute atomic E-state index is 0.0399. The molecule has 0 saturated carbocycles.